The monoisotopic (exact) mass is 451 g/mol. The van der Waals surface area contributed by atoms with E-state index >= 15 is 0 Å². The SMILES string of the molecule is CC[C@@]1(C)NC(=O)N(NC(=O)CSc2nnc(-c3cccnc3)n2-c2ccccc2)C1=O. The van der Waals surface area contributed by atoms with E-state index in [9.17, 15) is 14.4 Å². The average molecular weight is 452 g/mol. The van der Waals surface area contributed by atoms with Gasteiger partial charge in [-0.15, -0.1) is 10.2 Å². The van der Waals surface area contributed by atoms with E-state index in [4.69, 9.17) is 0 Å². The second kappa shape index (κ2) is 8.79. The van der Waals surface area contributed by atoms with Crippen LogP contribution in [0.3, 0.4) is 0 Å². The van der Waals surface area contributed by atoms with E-state index in [0.29, 0.717) is 17.4 Å². The molecule has 1 aliphatic heterocycles. The predicted octanol–water partition coefficient (Wildman–Crippen LogP) is 2.17. The van der Waals surface area contributed by atoms with Gasteiger partial charge in [-0.05, 0) is 37.6 Å². The Balaban J connectivity index is 1.53. The van der Waals surface area contributed by atoms with Gasteiger partial charge in [0.05, 0.1) is 5.75 Å². The van der Waals surface area contributed by atoms with Crippen LogP contribution in [-0.2, 0) is 9.59 Å². The lowest BCUT2D eigenvalue weighted by atomic mass is 10.00. The zero-order valence-electron chi connectivity index (χ0n) is 17.5. The maximum absolute atomic E-state index is 12.5. The number of urea groups is 1. The number of hydrogen-bond donors (Lipinski definition) is 2. The van der Waals surface area contributed by atoms with Gasteiger partial charge in [-0.2, -0.15) is 5.01 Å². The molecule has 0 unspecified atom stereocenters. The summed E-state index contributed by atoms with van der Waals surface area (Å²) in [7, 11) is 0. The number of imide groups is 1. The normalized spacial score (nSPS) is 18.0. The summed E-state index contributed by atoms with van der Waals surface area (Å²) in [5.41, 5.74) is 2.96. The molecule has 2 N–H and O–H groups in total. The Morgan fingerprint density at radius 3 is 2.59 bits per heavy atom. The molecule has 10 nitrogen and oxygen atoms in total. The quantitative estimate of drug-likeness (QED) is 0.417. The number of thioether (sulfide) groups is 1. The second-order valence-corrected chi connectivity index (χ2v) is 8.24. The van der Waals surface area contributed by atoms with E-state index in [1.165, 1.54) is 0 Å². The lowest BCUT2D eigenvalue weighted by Crippen LogP contribution is -2.49. The van der Waals surface area contributed by atoms with Gasteiger partial charge in [0.2, 0.25) is 5.91 Å². The number of rotatable bonds is 7. The molecule has 32 heavy (non-hydrogen) atoms. The molecular formula is C21H21N7O3S. The molecule has 3 aromatic rings. The van der Waals surface area contributed by atoms with E-state index in [1.807, 2.05) is 47.0 Å². The summed E-state index contributed by atoms with van der Waals surface area (Å²) in [6, 6.07) is 12.5. The van der Waals surface area contributed by atoms with Crippen molar-refractivity contribution >= 4 is 29.6 Å². The number of hydrogen-bond acceptors (Lipinski definition) is 7. The highest BCUT2D eigenvalue weighted by atomic mass is 32.2. The lowest BCUT2D eigenvalue weighted by molar-refractivity contribution is -0.137. The molecule has 3 heterocycles. The van der Waals surface area contributed by atoms with E-state index in [2.05, 4.69) is 25.9 Å². The number of aromatic nitrogens is 4. The number of carbonyl (C=O) groups excluding carboxylic acids is 3. The third-order valence-corrected chi connectivity index (χ3v) is 6.03. The van der Waals surface area contributed by atoms with Gasteiger partial charge < -0.3 is 5.32 Å². The molecular weight excluding hydrogens is 430 g/mol. The Hall–Kier alpha value is -3.73. The third kappa shape index (κ3) is 4.06. The van der Waals surface area contributed by atoms with Gasteiger partial charge in [0.25, 0.3) is 5.91 Å². The van der Waals surface area contributed by atoms with Crippen molar-refractivity contribution in [2.75, 3.05) is 5.75 Å². The van der Waals surface area contributed by atoms with Crippen molar-refractivity contribution in [2.45, 2.75) is 31.0 Å². The largest absolute Gasteiger partial charge is 0.344 e. The molecule has 1 aromatic carbocycles. The minimum Gasteiger partial charge on any atom is -0.322 e. The molecule has 11 heteroatoms. The minimum absolute atomic E-state index is 0.0715. The molecule has 0 saturated carbocycles. The predicted molar refractivity (Wildman–Crippen MR) is 118 cm³/mol. The fraction of sp³-hybridized carbons (Fsp3) is 0.238. The fourth-order valence-electron chi connectivity index (χ4n) is 3.17. The molecule has 1 fully saturated rings. The van der Waals surface area contributed by atoms with E-state index in [1.54, 1.807) is 26.2 Å². The van der Waals surface area contributed by atoms with Crippen LogP contribution in [0.4, 0.5) is 4.79 Å². The number of para-hydroxylation sites is 1. The highest BCUT2D eigenvalue weighted by molar-refractivity contribution is 7.99. The van der Waals surface area contributed by atoms with Crippen molar-refractivity contribution in [1.29, 1.82) is 0 Å². The molecule has 0 bridgehead atoms. The van der Waals surface area contributed by atoms with Gasteiger partial charge in [-0.1, -0.05) is 36.9 Å². The van der Waals surface area contributed by atoms with E-state index in [-0.39, 0.29) is 5.75 Å². The van der Waals surface area contributed by atoms with Crippen LogP contribution in [0.5, 0.6) is 0 Å². The van der Waals surface area contributed by atoms with Crippen molar-refractivity contribution in [3.63, 3.8) is 0 Å². The number of hydrazine groups is 1. The van der Waals surface area contributed by atoms with E-state index < -0.39 is 23.4 Å². The maximum atomic E-state index is 12.5. The zero-order valence-corrected chi connectivity index (χ0v) is 18.3. The van der Waals surface area contributed by atoms with Crippen LogP contribution >= 0.6 is 11.8 Å². The van der Waals surface area contributed by atoms with Crippen molar-refractivity contribution in [3.05, 3.63) is 54.9 Å². The molecule has 4 amide bonds. The number of nitrogens with one attached hydrogen (secondary N) is 2. The number of benzene rings is 1. The lowest BCUT2D eigenvalue weighted by Gasteiger charge is -2.19. The van der Waals surface area contributed by atoms with Crippen molar-refractivity contribution < 1.29 is 14.4 Å². The Kier molecular flexibility index (Phi) is 5.91. The average Bonchev–Trinajstić information content (AvgIpc) is 3.34. The maximum Gasteiger partial charge on any atom is 0.344 e. The first-order valence-corrected chi connectivity index (χ1v) is 10.9. The van der Waals surface area contributed by atoms with E-state index in [0.717, 1.165) is 28.0 Å². The molecule has 0 spiro atoms. The second-order valence-electron chi connectivity index (χ2n) is 7.30. The Labute approximate surface area is 188 Å². The van der Waals surface area contributed by atoms with Gasteiger partial charge >= 0.3 is 6.03 Å². The molecule has 164 valence electrons. The number of pyridine rings is 1. The smallest absolute Gasteiger partial charge is 0.322 e. The Morgan fingerprint density at radius 1 is 1.16 bits per heavy atom. The van der Waals surface area contributed by atoms with Crippen LogP contribution < -0.4 is 10.7 Å². The van der Waals surface area contributed by atoms with Crippen LogP contribution in [-0.4, -0.2) is 53.9 Å². The topological polar surface area (TPSA) is 122 Å². The van der Waals surface area contributed by atoms with Crippen molar-refractivity contribution in [2.24, 2.45) is 0 Å². The summed E-state index contributed by atoms with van der Waals surface area (Å²) in [4.78, 5) is 41.2. The first-order chi connectivity index (χ1) is 15.4. The van der Waals surface area contributed by atoms with Gasteiger partial charge in [0.1, 0.15) is 5.54 Å². The highest BCUT2D eigenvalue weighted by Gasteiger charge is 2.47. The van der Waals surface area contributed by atoms with Crippen molar-refractivity contribution in [3.8, 4) is 17.1 Å². The number of nitrogens with zero attached hydrogens (tertiary/aromatic N) is 5. The molecule has 2 aromatic heterocycles. The summed E-state index contributed by atoms with van der Waals surface area (Å²) in [5.74, 6) is -0.489. The van der Waals surface area contributed by atoms with Crippen LogP contribution in [0.1, 0.15) is 20.3 Å². The summed E-state index contributed by atoms with van der Waals surface area (Å²) < 4.78 is 1.83. The first-order valence-electron chi connectivity index (χ1n) is 9.93. The van der Waals surface area contributed by atoms with Crippen LogP contribution in [0.25, 0.3) is 17.1 Å². The van der Waals surface area contributed by atoms with Crippen molar-refractivity contribution in [1.82, 2.24) is 35.5 Å². The van der Waals surface area contributed by atoms with Gasteiger partial charge in [0.15, 0.2) is 11.0 Å². The van der Waals surface area contributed by atoms with Crippen LogP contribution in [0.2, 0.25) is 0 Å². The summed E-state index contributed by atoms with van der Waals surface area (Å²) in [6.45, 7) is 3.41. The first kappa shape index (κ1) is 21.5. The van der Waals surface area contributed by atoms with Crippen LogP contribution in [0, 0.1) is 0 Å². The van der Waals surface area contributed by atoms with Gasteiger partial charge in [0, 0.05) is 23.6 Å². The molecule has 0 aliphatic carbocycles. The summed E-state index contributed by atoms with van der Waals surface area (Å²) in [6.07, 6.45) is 3.77. The molecule has 4 rings (SSSR count). The molecule has 1 saturated heterocycles. The highest BCUT2D eigenvalue weighted by Crippen LogP contribution is 2.27. The van der Waals surface area contributed by atoms with Crippen LogP contribution in [0.15, 0.2) is 60.0 Å². The van der Waals surface area contributed by atoms with Gasteiger partial charge in [-0.25, -0.2) is 4.79 Å². The molecule has 0 radical (unpaired) electrons. The fourth-order valence-corrected chi connectivity index (χ4v) is 3.91. The standard InChI is InChI=1S/C21H21N7O3S/c1-3-21(2)18(30)28(19(31)23-21)26-16(29)13-32-20-25-24-17(14-8-7-11-22-12-14)27(20)15-9-5-4-6-10-15/h4-12H,3,13H2,1-2H3,(H,23,31)(H,26,29)/t21-/m1/s1. The zero-order chi connectivity index (χ0) is 22.7. The summed E-state index contributed by atoms with van der Waals surface area (Å²) >= 11 is 1.14. The number of amides is 4. The third-order valence-electron chi connectivity index (χ3n) is 5.10. The number of carbonyl (C=O) groups is 3. The minimum atomic E-state index is -1.02. The molecule has 1 atom stereocenters. The Bertz CT molecular complexity index is 1150. The van der Waals surface area contributed by atoms with Gasteiger partial charge in [-0.3, -0.25) is 24.6 Å². The molecule has 1 aliphatic rings. The summed E-state index contributed by atoms with van der Waals surface area (Å²) in [5, 5.41) is 12.4. The Morgan fingerprint density at radius 2 is 1.94 bits per heavy atom.